The van der Waals surface area contributed by atoms with Gasteiger partial charge in [0.2, 0.25) is 5.13 Å². The second kappa shape index (κ2) is 7.22. The molecule has 1 N–H and O–H groups in total. The Morgan fingerprint density at radius 1 is 1.08 bits per heavy atom. The Morgan fingerprint density at radius 2 is 2.00 bits per heavy atom. The standard InChI is InChI=1S/C16H13ClFN7S/c17-12-3-1-4-13(18)11(12)9-25-8-5-14(23-25)20-16-22-21-15(26-16)10-24-7-2-6-19-24/h1-8H,9-10H2,(H,20,22,23). The molecule has 0 atom stereocenters. The lowest BCUT2D eigenvalue weighted by molar-refractivity contribution is 0.586. The number of nitrogens with zero attached hydrogens (tertiary/aromatic N) is 6. The van der Waals surface area contributed by atoms with Crippen molar-refractivity contribution in [2.45, 2.75) is 13.1 Å². The summed E-state index contributed by atoms with van der Waals surface area (Å²) in [4.78, 5) is 0. The number of hydrogen-bond donors (Lipinski definition) is 1. The van der Waals surface area contributed by atoms with Crippen LogP contribution in [0, 0.1) is 5.82 Å². The maximum Gasteiger partial charge on any atom is 0.211 e. The van der Waals surface area contributed by atoms with Crippen LogP contribution >= 0.6 is 22.9 Å². The first-order chi connectivity index (χ1) is 12.7. The molecule has 3 heterocycles. The van der Waals surface area contributed by atoms with Gasteiger partial charge in [-0.2, -0.15) is 10.2 Å². The Kier molecular flexibility index (Phi) is 4.63. The third kappa shape index (κ3) is 3.73. The van der Waals surface area contributed by atoms with Crippen LogP contribution in [0.15, 0.2) is 48.9 Å². The largest absolute Gasteiger partial charge is 0.313 e. The second-order valence-corrected chi connectivity index (χ2v) is 6.90. The van der Waals surface area contributed by atoms with Crippen LogP contribution in [-0.2, 0) is 13.1 Å². The number of aromatic nitrogens is 6. The Labute approximate surface area is 157 Å². The molecule has 0 saturated heterocycles. The van der Waals surface area contributed by atoms with E-state index in [-0.39, 0.29) is 12.4 Å². The Balaban J connectivity index is 1.43. The number of benzene rings is 1. The SMILES string of the molecule is Fc1cccc(Cl)c1Cn1ccc(Nc2nnc(Cn3cccn3)s2)n1. The highest BCUT2D eigenvalue weighted by Crippen LogP contribution is 2.22. The zero-order valence-corrected chi connectivity index (χ0v) is 15.0. The zero-order chi connectivity index (χ0) is 17.9. The molecule has 0 radical (unpaired) electrons. The molecular formula is C16H13ClFN7S. The third-order valence-corrected chi connectivity index (χ3v) is 4.76. The van der Waals surface area contributed by atoms with Crippen molar-refractivity contribution in [3.8, 4) is 0 Å². The van der Waals surface area contributed by atoms with Gasteiger partial charge in [0.25, 0.3) is 0 Å². The average molecular weight is 390 g/mol. The highest BCUT2D eigenvalue weighted by atomic mass is 35.5. The van der Waals surface area contributed by atoms with E-state index in [0.29, 0.717) is 28.1 Å². The first-order valence-electron chi connectivity index (χ1n) is 7.70. The van der Waals surface area contributed by atoms with E-state index >= 15 is 0 Å². The summed E-state index contributed by atoms with van der Waals surface area (Å²) in [6.07, 6.45) is 5.33. The van der Waals surface area contributed by atoms with E-state index in [2.05, 4.69) is 25.7 Å². The van der Waals surface area contributed by atoms with Gasteiger partial charge in [0.15, 0.2) is 5.82 Å². The van der Waals surface area contributed by atoms with Gasteiger partial charge in [-0.25, -0.2) is 4.39 Å². The van der Waals surface area contributed by atoms with Gasteiger partial charge in [-0.05, 0) is 18.2 Å². The normalized spacial score (nSPS) is 11.0. The fraction of sp³-hybridized carbons (Fsp3) is 0.125. The smallest absolute Gasteiger partial charge is 0.211 e. The Hall–Kier alpha value is -2.78. The third-order valence-electron chi connectivity index (χ3n) is 3.58. The molecule has 0 spiro atoms. The maximum atomic E-state index is 13.9. The lowest BCUT2D eigenvalue weighted by Crippen LogP contribution is -2.04. The van der Waals surface area contributed by atoms with Crippen LogP contribution < -0.4 is 5.32 Å². The van der Waals surface area contributed by atoms with Crippen LogP contribution in [0.25, 0.3) is 0 Å². The fourth-order valence-electron chi connectivity index (χ4n) is 2.37. The predicted octanol–water partition coefficient (Wildman–Crippen LogP) is 3.56. The molecule has 0 aliphatic heterocycles. The topological polar surface area (TPSA) is 73.5 Å². The summed E-state index contributed by atoms with van der Waals surface area (Å²) in [7, 11) is 0. The lowest BCUT2D eigenvalue weighted by atomic mass is 10.2. The monoisotopic (exact) mass is 389 g/mol. The van der Waals surface area contributed by atoms with Crippen LogP contribution in [0.1, 0.15) is 10.6 Å². The Bertz CT molecular complexity index is 991. The second-order valence-electron chi connectivity index (χ2n) is 5.43. The van der Waals surface area contributed by atoms with Crippen molar-refractivity contribution in [3.05, 3.63) is 70.3 Å². The summed E-state index contributed by atoms with van der Waals surface area (Å²) in [6.45, 7) is 0.806. The molecule has 0 unspecified atom stereocenters. The average Bonchev–Trinajstić information content (AvgIpc) is 3.35. The summed E-state index contributed by atoms with van der Waals surface area (Å²) < 4.78 is 17.3. The minimum absolute atomic E-state index is 0.244. The first-order valence-corrected chi connectivity index (χ1v) is 8.90. The molecule has 3 aromatic heterocycles. The van der Waals surface area contributed by atoms with Gasteiger partial charge in [-0.1, -0.05) is 29.0 Å². The molecule has 0 aliphatic carbocycles. The molecule has 10 heteroatoms. The highest BCUT2D eigenvalue weighted by molar-refractivity contribution is 7.15. The molecule has 4 rings (SSSR count). The van der Waals surface area contributed by atoms with Crippen molar-refractivity contribution in [2.24, 2.45) is 0 Å². The molecular weight excluding hydrogens is 377 g/mol. The van der Waals surface area contributed by atoms with Crippen LogP contribution in [0.3, 0.4) is 0 Å². The van der Waals surface area contributed by atoms with Crippen molar-refractivity contribution in [3.63, 3.8) is 0 Å². The van der Waals surface area contributed by atoms with Crippen LogP contribution in [-0.4, -0.2) is 29.8 Å². The van der Waals surface area contributed by atoms with Crippen molar-refractivity contribution < 1.29 is 4.39 Å². The maximum absolute atomic E-state index is 13.9. The van der Waals surface area contributed by atoms with E-state index in [1.165, 1.54) is 17.4 Å². The minimum Gasteiger partial charge on any atom is -0.313 e. The fourth-order valence-corrected chi connectivity index (χ4v) is 3.33. The van der Waals surface area contributed by atoms with Gasteiger partial charge >= 0.3 is 0 Å². The summed E-state index contributed by atoms with van der Waals surface area (Å²) in [5.41, 5.74) is 0.404. The number of nitrogens with one attached hydrogen (secondary N) is 1. The highest BCUT2D eigenvalue weighted by Gasteiger charge is 2.10. The molecule has 4 aromatic rings. The van der Waals surface area contributed by atoms with E-state index in [0.717, 1.165) is 5.01 Å². The predicted molar refractivity (Wildman–Crippen MR) is 97.3 cm³/mol. The zero-order valence-electron chi connectivity index (χ0n) is 13.4. The van der Waals surface area contributed by atoms with Gasteiger partial charge in [-0.3, -0.25) is 9.36 Å². The van der Waals surface area contributed by atoms with E-state index < -0.39 is 0 Å². The molecule has 0 saturated carbocycles. The summed E-state index contributed by atoms with van der Waals surface area (Å²) in [5, 5.41) is 21.7. The molecule has 0 fully saturated rings. The molecule has 132 valence electrons. The number of rotatable bonds is 6. The van der Waals surface area contributed by atoms with Gasteiger partial charge in [0.05, 0.1) is 13.1 Å². The van der Waals surface area contributed by atoms with Crippen molar-refractivity contribution in [2.75, 3.05) is 5.32 Å². The minimum atomic E-state index is -0.352. The van der Waals surface area contributed by atoms with Crippen LogP contribution in [0.2, 0.25) is 5.02 Å². The quantitative estimate of drug-likeness (QED) is 0.545. The van der Waals surface area contributed by atoms with E-state index in [9.17, 15) is 4.39 Å². The van der Waals surface area contributed by atoms with E-state index in [4.69, 9.17) is 11.6 Å². The van der Waals surface area contributed by atoms with Gasteiger partial charge in [0.1, 0.15) is 10.8 Å². The van der Waals surface area contributed by atoms with Crippen molar-refractivity contribution in [1.82, 2.24) is 29.8 Å². The molecule has 0 bridgehead atoms. The van der Waals surface area contributed by atoms with E-state index in [1.54, 1.807) is 40.0 Å². The van der Waals surface area contributed by atoms with Gasteiger partial charge < -0.3 is 5.32 Å². The molecule has 1 aromatic carbocycles. The molecule has 7 nitrogen and oxygen atoms in total. The number of anilines is 2. The summed E-state index contributed by atoms with van der Waals surface area (Å²) >= 11 is 7.48. The van der Waals surface area contributed by atoms with Crippen molar-refractivity contribution >= 4 is 33.9 Å². The van der Waals surface area contributed by atoms with Gasteiger partial charge in [-0.15, -0.1) is 10.2 Å². The number of halogens is 2. The molecule has 0 aliphatic rings. The van der Waals surface area contributed by atoms with Crippen LogP contribution in [0.5, 0.6) is 0 Å². The first kappa shape index (κ1) is 16.7. The van der Waals surface area contributed by atoms with Gasteiger partial charge in [0, 0.05) is 35.2 Å². The summed E-state index contributed by atoms with van der Waals surface area (Å²) in [6, 6.07) is 8.25. The summed E-state index contributed by atoms with van der Waals surface area (Å²) in [5.74, 6) is 0.245. The van der Waals surface area contributed by atoms with Crippen LogP contribution in [0.4, 0.5) is 15.3 Å². The lowest BCUT2D eigenvalue weighted by Gasteiger charge is -2.05. The van der Waals surface area contributed by atoms with E-state index in [1.807, 2.05) is 12.3 Å². The van der Waals surface area contributed by atoms with Crippen molar-refractivity contribution in [1.29, 1.82) is 0 Å². The molecule has 26 heavy (non-hydrogen) atoms. The Morgan fingerprint density at radius 3 is 2.81 bits per heavy atom. The molecule has 0 amide bonds. The number of hydrogen-bond acceptors (Lipinski definition) is 6.